The number of hydrogen-bond donors (Lipinski definition) is 2. The van der Waals surface area contributed by atoms with Crippen LogP contribution >= 0.6 is 24.0 Å². The average molecular weight is 526 g/mol. The van der Waals surface area contributed by atoms with Gasteiger partial charge in [0.25, 0.3) is 5.91 Å². The minimum absolute atomic E-state index is 0. The van der Waals surface area contributed by atoms with E-state index in [0.29, 0.717) is 24.6 Å². The van der Waals surface area contributed by atoms with Gasteiger partial charge in [0, 0.05) is 50.9 Å². The van der Waals surface area contributed by atoms with Gasteiger partial charge in [0.2, 0.25) is 0 Å². The SMILES string of the molecule is CCNC(=NCCNC(=O)c1ccc(OC)cc1)N1CCC(c2cnn(C)c2)C1.I. The van der Waals surface area contributed by atoms with Crippen LogP contribution in [0.4, 0.5) is 0 Å². The zero-order valence-corrected chi connectivity index (χ0v) is 20.1. The Morgan fingerprint density at radius 1 is 1.30 bits per heavy atom. The van der Waals surface area contributed by atoms with Crippen molar-refractivity contribution < 1.29 is 9.53 Å². The first-order valence-corrected chi connectivity index (χ1v) is 10.0. The van der Waals surface area contributed by atoms with Gasteiger partial charge in [-0.1, -0.05) is 0 Å². The number of carbonyl (C=O) groups is 1. The number of hydrogen-bond acceptors (Lipinski definition) is 4. The number of benzene rings is 1. The van der Waals surface area contributed by atoms with Crippen LogP contribution in [0.15, 0.2) is 41.7 Å². The zero-order chi connectivity index (χ0) is 20.6. The van der Waals surface area contributed by atoms with Gasteiger partial charge in [0.15, 0.2) is 5.96 Å². The maximum absolute atomic E-state index is 12.2. The molecule has 164 valence electrons. The van der Waals surface area contributed by atoms with Crippen molar-refractivity contribution in [1.82, 2.24) is 25.3 Å². The first-order chi connectivity index (χ1) is 14.1. The predicted molar refractivity (Wildman–Crippen MR) is 129 cm³/mol. The van der Waals surface area contributed by atoms with Crippen molar-refractivity contribution >= 4 is 35.8 Å². The number of rotatable bonds is 7. The lowest BCUT2D eigenvalue weighted by atomic mass is 10.0. The number of amides is 1. The molecule has 0 spiro atoms. The summed E-state index contributed by atoms with van der Waals surface area (Å²) in [5.74, 6) is 2.00. The molecular weight excluding hydrogens is 495 g/mol. The van der Waals surface area contributed by atoms with Gasteiger partial charge in [-0.15, -0.1) is 24.0 Å². The number of guanidine groups is 1. The molecule has 2 N–H and O–H groups in total. The molecule has 9 heteroatoms. The molecule has 1 fully saturated rings. The summed E-state index contributed by atoms with van der Waals surface area (Å²) in [5.41, 5.74) is 1.89. The zero-order valence-electron chi connectivity index (χ0n) is 17.8. The molecule has 2 heterocycles. The van der Waals surface area contributed by atoms with Crippen LogP contribution in [0.5, 0.6) is 5.75 Å². The Kier molecular flexibility index (Phi) is 9.41. The number of aliphatic imine (C=N–C) groups is 1. The normalized spacial score (nSPS) is 16.2. The van der Waals surface area contributed by atoms with Gasteiger partial charge in [0.05, 0.1) is 19.9 Å². The third kappa shape index (κ3) is 6.35. The van der Waals surface area contributed by atoms with Gasteiger partial charge in [0.1, 0.15) is 5.75 Å². The number of nitrogens with one attached hydrogen (secondary N) is 2. The molecule has 1 atom stereocenters. The van der Waals surface area contributed by atoms with E-state index >= 15 is 0 Å². The van der Waals surface area contributed by atoms with E-state index in [4.69, 9.17) is 9.73 Å². The lowest BCUT2D eigenvalue weighted by Gasteiger charge is -2.21. The van der Waals surface area contributed by atoms with Crippen molar-refractivity contribution in [2.24, 2.45) is 12.0 Å². The second-order valence-electron chi connectivity index (χ2n) is 7.10. The third-order valence-electron chi connectivity index (χ3n) is 5.03. The van der Waals surface area contributed by atoms with Crippen molar-refractivity contribution in [1.29, 1.82) is 0 Å². The standard InChI is InChI=1S/C21H30N6O2.HI/c1-4-22-21(27-12-9-17(15-27)18-13-25-26(2)14-18)24-11-10-23-20(28)16-5-7-19(29-3)8-6-16;/h5-8,13-14,17H,4,9-12,15H2,1-3H3,(H,22,24)(H,23,28);1H. The number of ether oxygens (including phenoxy) is 1. The summed E-state index contributed by atoms with van der Waals surface area (Å²) >= 11 is 0. The fraction of sp³-hybridized carbons (Fsp3) is 0.476. The first-order valence-electron chi connectivity index (χ1n) is 10.0. The van der Waals surface area contributed by atoms with Gasteiger partial charge >= 0.3 is 0 Å². The first kappa shape index (κ1) is 24.0. The number of likely N-dealkylation sites (tertiary alicyclic amines) is 1. The lowest BCUT2D eigenvalue weighted by molar-refractivity contribution is 0.0954. The van der Waals surface area contributed by atoms with E-state index in [2.05, 4.69) is 33.8 Å². The number of nitrogens with zero attached hydrogens (tertiary/aromatic N) is 4. The summed E-state index contributed by atoms with van der Waals surface area (Å²) in [4.78, 5) is 19.2. The van der Waals surface area contributed by atoms with E-state index in [-0.39, 0.29) is 29.9 Å². The van der Waals surface area contributed by atoms with E-state index in [0.717, 1.165) is 37.8 Å². The number of aryl methyl sites for hydroxylation is 1. The minimum atomic E-state index is -0.106. The minimum Gasteiger partial charge on any atom is -0.497 e. The fourth-order valence-electron chi connectivity index (χ4n) is 3.48. The summed E-state index contributed by atoms with van der Waals surface area (Å²) in [6, 6.07) is 7.07. The Balaban J connectivity index is 0.00000320. The van der Waals surface area contributed by atoms with E-state index in [1.54, 1.807) is 31.4 Å². The van der Waals surface area contributed by atoms with Crippen LogP contribution in [0.2, 0.25) is 0 Å². The highest BCUT2D eigenvalue weighted by atomic mass is 127. The molecular formula is C21H31IN6O2. The average Bonchev–Trinajstić information content (AvgIpc) is 3.39. The van der Waals surface area contributed by atoms with Crippen LogP contribution in [-0.4, -0.2) is 66.4 Å². The van der Waals surface area contributed by atoms with Crippen LogP contribution in [-0.2, 0) is 7.05 Å². The van der Waals surface area contributed by atoms with E-state index in [9.17, 15) is 4.79 Å². The van der Waals surface area contributed by atoms with E-state index < -0.39 is 0 Å². The molecule has 1 saturated heterocycles. The molecule has 1 aromatic carbocycles. The van der Waals surface area contributed by atoms with Crippen LogP contribution < -0.4 is 15.4 Å². The number of aromatic nitrogens is 2. The van der Waals surface area contributed by atoms with E-state index in [1.165, 1.54) is 5.56 Å². The summed E-state index contributed by atoms with van der Waals surface area (Å²) in [6.07, 6.45) is 5.13. The fourth-order valence-corrected chi connectivity index (χ4v) is 3.48. The van der Waals surface area contributed by atoms with Gasteiger partial charge in [-0.05, 0) is 43.2 Å². The summed E-state index contributed by atoms with van der Waals surface area (Å²) in [5, 5.41) is 10.6. The third-order valence-corrected chi connectivity index (χ3v) is 5.03. The number of carbonyl (C=O) groups excluding carboxylic acids is 1. The Hall–Kier alpha value is -2.30. The predicted octanol–water partition coefficient (Wildman–Crippen LogP) is 2.23. The van der Waals surface area contributed by atoms with Crippen LogP contribution in [0.3, 0.4) is 0 Å². The molecule has 1 aliphatic rings. The molecule has 0 radical (unpaired) electrons. The van der Waals surface area contributed by atoms with Crippen molar-refractivity contribution in [2.45, 2.75) is 19.3 Å². The maximum Gasteiger partial charge on any atom is 0.251 e. The quantitative estimate of drug-likeness (QED) is 0.250. The Morgan fingerprint density at radius 3 is 2.70 bits per heavy atom. The van der Waals surface area contributed by atoms with Gasteiger partial charge in [-0.25, -0.2) is 0 Å². The highest BCUT2D eigenvalue weighted by Gasteiger charge is 2.26. The monoisotopic (exact) mass is 526 g/mol. The molecule has 3 rings (SSSR count). The lowest BCUT2D eigenvalue weighted by Crippen LogP contribution is -2.40. The smallest absolute Gasteiger partial charge is 0.251 e. The maximum atomic E-state index is 12.2. The molecule has 0 saturated carbocycles. The van der Waals surface area contributed by atoms with Crippen LogP contribution in [0, 0.1) is 0 Å². The largest absolute Gasteiger partial charge is 0.497 e. The number of halogens is 1. The highest BCUT2D eigenvalue weighted by molar-refractivity contribution is 14.0. The van der Waals surface area contributed by atoms with Crippen LogP contribution in [0.1, 0.15) is 35.2 Å². The summed E-state index contributed by atoms with van der Waals surface area (Å²) in [6.45, 7) is 5.78. The number of methoxy groups -OCH3 is 1. The van der Waals surface area contributed by atoms with Gasteiger partial charge in [-0.2, -0.15) is 5.10 Å². The van der Waals surface area contributed by atoms with Crippen molar-refractivity contribution in [2.75, 3.05) is 39.8 Å². The van der Waals surface area contributed by atoms with Crippen molar-refractivity contribution in [3.63, 3.8) is 0 Å². The van der Waals surface area contributed by atoms with Crippen molar-refractivity contribution in [3.8, 4) is 5.75 Å². The molecule has 1 aromatic heterocycles. The van der Waals surface area contributed by atoms with Crippen LogP contribution in [0.25, 0.3) is 0 Å². The molecule has 0 aliphatic carbocycles. The summed E-state index contributed by atoms with van der Waals surface area (Å²) in [7, 11) is 3.55. The molecule has 1 aliphatic heterocycles. The van der Waals surface area contributed by atoms with Crippen molar-refractivity contribution in [3.05, 3.63) is 47.8 Å². The Labute approximate surface area is 195 Å². The molecule has 1 amide bonds. The second kappa shape index (κ2) is 11.8. The molecule has 8 nitrogen and oxygen atoms in total. The summed E-state index contributed by atoms with van der Waals surface area (Å²) < 4.78 is 6.97. The molecule has 30 heavy (non-hydrogen) atoms. The second-order valence-corrected chi connectivity index (χ2v) is 7.10. The Morgan fingerprint density at radius 2 is 2.07 bits per heavy atom. The van der Waals surface area contributed by atoms with E-state index in [1.807, 2.05) is 17.9 Å². The Bertz CT molecular complexity index is 836. The highest BCUT2D eigenvalue weighted by Crippen LogP contribution is 2.26. The molecule has 0 bridgehead atoms. The van der Waals surface area contributed by atoms with Gasteiger partial charge < -0.3 is 20.3 Å². The molecule has 1 unspecified atom stereocenters. The topological polar surface area (TPSA) is 83.8 Å². The molecule has 2 aromatic rings. The van der Waals surface area contributed by atoms with Gasteiger partial charge in [-0.3, -0.25) is 14.5 Å².